The first kappa shape index (κ1) is 13.3. The summed E-state index contributed by atoms with van der Waals surface area (Å²) < 4.78 is 1.71. The predicted octanol–water partition coefficient (Wildman–Crippen LogP) is 1.09. The maximum Gasteiger partial charge on any atom is 0.264 e. The van der Waals surface area contributed by atoms with Crippen LogP contribution in [0.1, 0.15) is 10.4 Å². The summed E-state index contributed by atoms with van der Waals surface area (Å²) in [6, 6.07) is 4.21. The second-order valence-electron chi connectivity index (χ2n) is 3.89. The molecule has 0 unspecified atom stereocenters. The number of pyridine rings is 2. The summed E-state index contributed by atoms with van der Waals surface area (Å²) in [5.41, 5.74) is 0.332. The van der Waals surface area contributed by atoms with E-state index < -0.39 is 0 Å². The number of carbonyl (C=O) groups excluding carboxylic acids is 1. The number of aromatic nitrogens is 2. The van der Waals surface area contributed by atoms with Crippen LogP contribution < -0.4 is 16.4 Å². The summed E-state index contributed by atoms with van der Waals surface area (Å²) in [5, 5.41) is 2.64. The zero-order valence-electron chi connectivity index (χ0n) is 9.94. The van der Waals surface area contributed by atoms with E-state index in [0.29, 0.717) is 15.7 Å². The Morgan fingerprint density at radius 1 is 1.37 bits per heavy atom. The summed E-state index contributed by atoms with van der Waals surface area (Å²) >= 11 is 3.12. The molecule has 0 aliphatic rings. The molecule has 2 aromatic heterocycles. The molecule has 0 saturated heterocycles. The lowest BCUT2D eigenvalue weighted by Crippen LogP contribution is -2.20. The number of amides is 1. The lowest BCUT2D eigenvalue weighted by Gasteiger charge is -2.07. The first-order valence-electron chi connectivity index (χ1n) is 5.33. The van der Waals surface area contributed by atoms with Crippen molar-refractivity contribution in [1.29, 1.82) is 0 Å². The lowest BCUT2D eigenvalue weighted by atomic mass is 10.2. The van der Waals surface area contributed by atoms with Gasteiger partial charge >= 0.3 is 0 Å². The van der Waals surface area contributed by atoms with Gasteiger partial charge in [-0.05, 0) is 28.1 Å². The van der Waals surface area contributed by atoms with Crippen molar-refractivity contribution < 1.29 is 4.79 Å². The van der Waals surface area contributed by atoms with Crippen LogP contribution in [0, 0.1) is 0 Å². The fraction of sp³-hybridized carbons (Fsp3) is 0.0833. The molecule has 7 heteroatoms. The largest absolute Gasteiger partial charge is 0.328 e. The maximum atomic E-state index is 11.9. The molecule has 0 fully saturated rings. The topological polar surface area (TPSA) is 84.0 Å². The molecule has 98 valence electrons. The average Bonchev–Trinajstić information content (AvgIpc) is 2.36. The van der Waals surface area contributed by atoms with Crippen LogP contribution in [0.3, 0.4) is 0 Å². The van der Waals surface area contributed by atoms with Crippen molar-refractivity contribution in [3.8, 4) is 0 Å². The van der Waals surface area contributed by atoms with Gasteiger partial charge in [0.1, 0.15) is 0 Å². The van der Waals surface area contributed by atoms with E-state index in [1.807, 2.05) is 0 Å². The van der Waals surface area contributed by atoms with Gasteiger partial charge in [0.2, 0.25) is 5.56 Å². The second-order valence-corrected chi connectivity index (χ2v) is 4.74. The third-order valence-electron chi connectivity index (χ3n) is 2.44. The molecular formula is C12H10BrN3O3. The molecule has 2 aromatic rings. The van der Waals surface area contributed by atoms with E-state index in [-0.39, 0.29) is 17.0 Å². The van der Waals surface area contributed by atoms with Gasteiger partial charge in [-0.2, -0.15) is 0 Å². The molecule has 0 saturated carbocycles. The predicted molar refractivity (Wildman–Crippen MR) is 74.4 cm³/mol. The van der Waals surface area contributed by atoms with Crippen molar-refractivity contribution in [2.75, 3.05) is 5.32 Å². The van der Waals surface area contributed by atoms with Crippen LogP contribution in [-0.2, 0) is 7.05 Å². The van der Waals surface area contributed by atoms with Gasteiger partial charge in [-0.1, -0.05) is 0 Å². The number of nitrogens with one attached hydrogen (secondary N) is 2. The maximum absolute atomic E-state index is 11.9. The summed E-state index contributed by atoms with van der Waals surface area (Å²) in [4.78, 5) is 36.7. The van der Waals surface area contributed by atoms with Gasteiger partial charge in [0.25, 0.3) is 11.5 Å². The Bertz CT molecular complexity index is 702. The molecule has 0 spiro atoms. The Kier molecular flexibility index (Phi) is 3.66. The molecule has 0 atom stereocenters. The molecule has 1 amide bonds. The molecule has 0 bridgehead atoms. The Morgan fingerprint density at radius 3 is 2.68 bits per heavy atom. The fourth-order valence-electron chi connectivity index (χ4n) is 1.49. The van der Waals surface area contributed by atoms with Crippen molar-refractivity contribution in [2.45, 2.75) is 0 Å². The summed E-state index contributed by atoms with van der Waals surface area (Å²) in [6.07, 6.45) is 2.84. The Balaban J connectivity index is 2.26. The zero-order chi connectivity index (χ0) is 14.0. The molecule has 6 nitrogen and oxygen atoms in total. The first-order chi connectivity index (χ1) is 8.97. The minimum absolute atomic E-state index is 0.193. The summed E-state index contributed by atoms with van der Waals surface area (Å²) in [7, 11) is 1.59. The highest BCUT2D eigenvalue weighted by molar-refractivity contribution is 9.10. The SMILES string of the molecule is Cn1cc(NC(=O)c2ccc(=O)[nH]c2)cc(Br)c1=O. The van der Waals surface area contributed by atoms with Crippen LogP contribution >= 0.6 is 15.9 Å². The molecule has 2 rings (SSSR count). The molecule has 2 N–H and O–H groups in total. The number of hydrogen-bond acceptors (Lipinski definition) is 3. The van der Waals surface area contributed by atoms with Crippen LogP contribution in [-0.4, -0.2) is 15.5 Å². The fourth-order valence-corrected chi connectivity index (χ4v) is 2.02. The number of aryl methyl sites for hydroxylation is 1. The molecular weight excluding hydrogens is 314 g/mol. The second kappa shape index (κ2) is 5.23. The quantitative estimate of drug-likeness (QED) is 0.867. The van der Waals surface area contributed by atoms with E-state index in [2.05, 4.69) is 26.2 Å². The highest BCUT2D eigenvalue weighted by Gasteiger charge is 2.08. The molecule has 0 aliphatic carbocycles. The van der Waals surface area contributed by atoms with Gasteiger partial charge < -0.3 is 14.9 Å². The van der Waals surface area contributed by atoms with Crippen LogP contribution in [0.15, 0.2) is 44.7 Å². The molecule has 2 heterocycles. The number of aromatic amines is 1. The van der Waals surface area contributed by atoms with Gasteiger partial charge in [-0.15, -0.1) is 0 Å². The van der Waals surface area contributed by atoms with E-state index in [1.165, 1.54) is 35.2 Å². The number of anilines is 1. The van der Waals surface area contributed by atoms with Crippen molar-refractivity contribution in [1.82, 2.24) is 9.55 Å². The van der Waals surface area contributed by atoms with Gasteiger partial charge in [0.05, 0.1) is 15.7 Å². The molecule has 0 radical (unpaired) electrons. The number of halogens is 1. The highest BCUT2D eigenvalue weighted by Crippen LogP contribution is 2.12. The van der Waals surface area contributed by atoms with Crippen molar-refractivity contribution in [2.24, 2.45) is 7.05 Å². The van der Waals surface area contributed by atoms with Crippen molar-refractivity contribution in [3.05, 3.63) is 61.3 Å². The third-order valence-corrected chi connectivity index (χ3v) is 3.01. The molecule has 0 aliphatic heterocycles. The normalized spacial score (nSPS) is 10.2. The minimum atomic E-state index is -0.373. The van der Waals surface area contributed by atoms with E-state index in [9.17, 15) is 14.4 Å². The van der Waals surface area contributed by atoms with Crippen LogP contribution in [0.25, 0.3) is 0 Å². The number of hydrogen-bond donors (Lipinski definition) is 2. The van der Waals surface area contributed by atoms with Crippen molar-refractivity contribution in [3.63, 3.8) is 0 Å². The smallest absolute Gasteiger partial charge is 0.264 e. The standard InChI is InChI=1S/C12H10BrN3O3/c1-16-6-8(4-9(13)12(16)19)15-11(18)7-2-3-10(17)14-5-7/h2-6H,1H3,(H,14,17)(H,15,18). The lowest BCUT2D eigenvalue weighted by molar-refractivity contribution is 0.102. The first-order valence-corrected chi connectivity index (χ1v) is 6.13. The van der Waals surface area contributed by atoms with Crippen LogP contribution in [0.4, 0.5) is 5.69 Å². The molecule has 0 aromatic carbocycles. The van der Waals surface area contributed by atoms with Crippen molar-refractivity contribution >= 4 is 27.5 Å². The van der Waals surface area contributed by atoms with Gasteiger partial charge in [0, 0.05) is 25.5 Å². The average molecular weight is 324 g/mol. The highest BCUT2D eigenvalue weighted by atomic mass is 79.9. The van der Waals surface area contributed by atoms with Gasteiger partial charge in [-0.3, -0.25) is 14.4 Å². The van der Waals surface area contributed by atoms with Gasteiger partial charge in [-0.25, -0.2) is 0 Å². The minimum Gasteiger partial charge on any atom is -0.328 e. The number of rotatable bonds is 2. The van der Waals surface area contributed by atoms with Gasteiger partial charge in [0.15, 0.2) is 0 Å². The number of nitrogens with zero attached hydrogens (tertiary/aromatic N) is 1. The van der Waals surface area contributed by atoms with Crippen LogP contribution in [0.5, 0.6) is 0 Å². The van der Waals surface area contributed by atoms with Crippen LogP contribution in [0.2, 0.25) is 0 Å². The Labute approximate surface area is 116 Å². The zero-order valence-corrected chi connectivity index (χ0v) is 11.5. The number of H-pyrrole nitrogens is 1. The van der Waals surface area contributed by atoms with E-state index >= 15 is 0 Å². The Hall–Kier alpha value is -2.15. The van der Waals surface area contributed by atoms with E-state index in [0.717, 1.165) is 0 Å². The van der Waals surface area contributed by atoms with E-state index in [4.69, 9.17) is 0 Å². The van der Waals surface area contributed by atoms with E-state index in [1.54, 1.807) is 7.05 Å². The number of carbonyl (C=O) groups is 1. The Morgan fingerprint density at radius 2 is 2.11 bits per heavy atom. The molecule has 19 heavy (non-hydrogen) atoms. The summed E-state index contributed by atoms with van der Waals surface area (Å²) in [6.45, 7) is 0. The summed E-state index contributed by atoms with van der Waals surface area (Å²) in [5.74, 6) is -0.373. The third kappa shape index (κ3) is 3.00. The monoisotopic (exact) mass is 323 g/mol.